The molecule has 3 amide bonds. The number of carbonyl (C=O) groups is 3. The van der Waals surface area contributed by atoms with Gasteiger partial charge in [-0.25, -0.2) is 0 Å². The highest BCUT2D eigenvalue weighted by atomic mass is 32.1. The molecule has 0 aliphatic carbocycles. The minimum absolute atomic E-state index is 0.0573. The molecule has 32 heavy (non-hydrogen) atoms. The molecular formula is C23H33N5O3S. The molecule has 0 spiro atoms. The Labute approximate surface area is 193 Å². The summed E-state index contributed by atoms with van der Waals surface area (Å²) in [6, 6.07) is 6.78. The normalized spacial score (nSPS) is 11.9. The van der Waals surface area contributed by atoms with Gasteiger partial charge in [0.05, 0.1) is 5.69 Å². The van der Waals surface area contributed by atoms with Crippen molar-refractivity contribution in [2.45, 2.75) is 59.4 Å². The Morgan fingerprint density at radius 2 is 1.78 bits per heavy atom. The maximum atomic E-state index is 13.6. The number of hydrogen-bond acceptors (Lipinski definition) is 6. The fourth-order valence-electron chi connectivity index (χ4n) is 3.32. The number of nitrogen functional groups attached to an aromatic ring is 1. The van der Waals surface area contributed by atoms with Gasteiger partial charge in [0.15, 0.2) is 5.69 Å². The summed E-state index contributed by atoms with van der Waals surface area (Å²) in [5, 5.41) is 2.97. The molecule has 1 aromatic carbocycles. The van der Waals surface area contributed by atoms with Crippen molar-refractivity contribution in [2.24, 2.45) is 11.7 Å². The van der Waals surface area contributed by atoms with E-state index in [1.165, 1.54) is 4.90 Å². The van der Waals surface area contributed by atoms with Crippen molar-refractivity contribution in [1.82, 2.24) is 9.69 Å². The molecule has 2 aromatic rings. The molecule has 1 atom stereocenters. The van der Waals surface area contributed by atoms with E-state index in [0.29, 0.717) is 31.0 Å². The van der Waals surface area contributed by atoms with E-state index in [1.807, 2.05) is 38.1 Å². The molecule has 9 heteroatoms. The lowest BCUT2D eigenvalue weighted by Crippen LogP contribution is -2.50. The van der Waals surface area contributed by atoms with Gasteiger partial charge >= 0.3 is 0 Å². The van der Waals surface area contributed by atoms with Crippen LogP contribution in [0.3, 0.4) is 0 Å². The van der Waals surface area contributed by atoms with Gasteiger partial charge in [0.25, 0.3) is 11.8 Å². The number of carbonyl (C=O) groups excluding carboxylic acids is 3. The lowest BCUT2D eigenvalue weighted by molar-refractivity contribution is -0.122. The minimum Gasteiger partial charge on any atom is -0.395 e. The third-order valence-electron chi connectivity index (χ3n) is 5.19. The van der Waals surface area contributed by atoms with Gasteiger partial charge in [-0.2, -0.15) is 4.37 Å². The van der Waals surface area contributed by atoms with Crippen molar-refractivity contribution in [3.05, 3.63) is 40.4 Å². The monoisotopic (exact) mass is 459 g/mol. The largest absolute Gasteiger partial charge is 0.395 e. The van der Waals surface area contributed by atoms with Gasteiger partial charge in [-0.05, 0) is 54.4 Å². The molecule has 0 radical (unpaired) electrons. The number of aryl methyl sites for hydroxylation is 1. The Balaban J connectivity index is 2.48. The zero-order chi connectivity index (χ0) is 23.8. The SMILES string of the molecule is CCC[C@@H](C(=O)NCCC(C)C)N(C(=O)c1snc(C(N)=O)c1N)c1ccc(CC)cc1. The van der Waals surface area contributed by atoms with Crippen molar-refractivity contribution in [3.63, 3.8) is 0 Å². The van der Waals surface area contributed by atoms with Gasteiger partial charge in [0, 0.05) is 12.2 Å². The summed E-state index contributed by atoms with van der Waals surface area (Å²) in [6.07, 6.45) is 2.86. The molecule has 174 valence electrons. The fraction of sp³-hybridized carbons (Fsp3) is 0.478. The van der Waals surface area contributed by atoms with Gasteiger partial charge in [-0.15, -0.1) is 0 Å². The van der Waals surface area contributed by atoms with Crippen molar-refractivity contribution < 1.29 is 14.4 Å². The second-order valence-electron chi connectivity index (χ2n) is 8.11. The van der Waals surface area contributed by atoms with Crippen LogP contribution in [0, 0.1) is 5.92 Å². The predicted octanol–water partition coefficient (Wildman–Crippen LogP) is 3.36. The van der Waals surface area contributed by atoms with Crippen LogP contribution in [0.2, 0.25) is 0 Å². The van der Waals surface area contributed by atoms with Gasteiger partial charge in [0.1, 0.15) is 10.9 Å². The first kappa shape index (κ1) is 25.3. The molecule has 0 aliphatic heterocycles. The molecular weight excluding hydrogens is 426 g/mol. The predicted molar refractivity (Wildman–Crippen MR) is 129 cm³/mol. The maximum Gasteiger partial charge on any atom is 0.272 e. The van der Waals surface area contributed by atoms with Crippen LogP contribution in [0.5, 0.6) is 0 Å². The van der Waals surface area contributed by atoms with Crippen LogP contribution in [-0.2, 0) is 11.2 Å². The van der Waals surface area contributed by atoms with Crippen LogP contribution >= 0.6 is 11.5 Å². The zero-order valence-electron chi connectivity index (χ0n) is 19.2. The van der Waals surface area contributed by atoms with Crippen LogP contribution in [0.4, 0.5) is 11.4 Å². The lowest BCUT2D eigenvalue weighted by atomic mass is 10.1. The minimum atomic E-state index is -0.798. The molecule has 0 unspecified atom stereocenters. The maximum absolute atomic E-state index is 13.6. The Hall–Kier alpha value is -2.94. The number of hydrogen-bond donors (Lipinski definition) is 3. The molecule has 5 N–H and O–H groups in total. The number of primary amides is 1. The molecule has 0 bridgehead atoms. The average molecular weight is 460 g/mol. The van der Waals surface area contributed by atoms with E-state index in [4.69, 9.17) is 11.5 Å². The highest BCUT2D eigenvalue weighted by Gasteiger charge is 2.34. The molecule has 0 aliphatic rings. The van der Waals surface area contributed by atoms with Crippen molar-refractivity contribution >= 4 is 40.6 Å². The number of anilines is 2. The summed E-state index contributed by atoms with van der Waals surface area (Å²) in [5.41, 5.74) is 12.9. The smallest absolute Gasteiger partial charge is 0.272 e. The topological polar surface area (TPSA) is 131 Å². The third-order valence-corrected chi connectivity index (χ3v) is 6.05. The summed E-state index contributed by atoms with van der Waals surface area (Å²) in [5.74, 6) is -1.05. The molecule has 2 rings (SSSR count). The highest BCUT2D eigenvalue weighted by Crippen LogP contribution is 2.29. The number of nitrogens with zero attached hydrogens (tertiary/aromatic N) is 2. The van der Waals surface area contributed by atoms with Crippen LogP contribution in [0.25, 0.3) is 0 Å². The highest BCUT2D eigenvalue weighted by molar-refractivity contribution is 7.09. The van der Waals surface area contributed by atoms with E-state index >= 15 is 0 Å². The molecule has 0 fully saturated rings. The van der Waals surface area contributed by atoms with Gasteiger partial charge in [-0.3, -0.25) is 19.3 Å². The summed E-state index contributed by atoms with van der Waals surface area (Å²) in [4.78, 5) is 39.9. The van der Waals surface area contributed by atoms with E-state index in [0.717, 1.165) is 29.9 Å². The van der Waals surface area contributed by atoms with E-state index in [1.54, 1.807) is 0 Å². The summed E-state index contributed by atoms with van der Waals surface area (Å²) < 4.78 is 3.95. The standard InChI is InChI=1S/C23H33N5O3S/c1-5-7-17(22(30)26-13-12-14(3)4)28(16-10-8-15(6-2)9-11-16)23(31)20-18(24)19(21(25)29)27-32-20/h8-11,14,17H,5-7,12-13,24H2,1-4H3,(H2,25,29)(H,26,30)/t17-/m0/s1. The zero-order valence-corrected chi connectivity index (χ0v) is 20.0. The summed E-state index contributed by atoms with van der Waals surface area (Å²) in [7, 11) is 0. The van der Waals surface area contributed by atoms with E-state index < -0.39 is 17.9 Å². The van der Waals surface area contributed by atoms with Crippen molar-refractivity contribution in [3.8, 4) is 0 Å². The van der Waals surface area contributed by atoms with E-state index in [9.17, 15) is 14.4 Å². The number of nitrogens with two attached hydrogens (primary N) is 2. The molecule has 0 saturated carbocycles. The average Bonchev–Trinajstić information content (AvgIpc) is 3.15. The fourth-order valence-corrected chi connectivity index (χ4v) is 4.06. The number of benzene rings is 1. The van der Waals surface area contributed by atoms with E-state index in [-0.39, 0.29) is 22.2 Å². The molecule has 1 heterocycles. The first-order valence-electron chi connectivity index (χ1n) is 11.0. The summed E-state index contributed by atoms with van der Waals surface area (Å²) >= 11 is 0.813. The number of aromatic nitrogens is 1. The van der Waals surface area contributed by atoms with Crippen LogP contribution < -0.4 is 21.7 Å². The van der Waals surface area contributed by atoms with Crippen LogP contribution in [0.15, 0.2) is 24.3 Å². The number of amides is 3. The first-order chi connectivity index (χ1) is 15.2. The molecule has 1 aromatic heterocycles. The summed E-state index contributed by atoms with van der Waals surface area (Å²) in [6.45, 7) is 8.71. The second kappa shape index (κ2) is 11.6. The Morgan fingerprint density at radius 3 is 2.28 bits per heavy atom. The number of nitrogens with one attached hydrogen (secondary N) is 1. The Bertz CT molecular complexity index is 940. The third kappa shape index (κ3) is 6.06. The van der Waals surface area contributed by atoms with Crippen molar-refractivity contribution in [1.29, 1.82) is 0 Å². The lowest BCUT2D eigenvalue weighted by Gasteiger charge is -2.31. The van der Waals surface area contributed by atoms with Crippen LogP contribution in [-0.4, -0.2) is 34.7 Å². The Morgan fingerprint density at radius 1 is 1.12 bits per heavy atom. The first-order valence-corrected chi connectivity index (χ1v) is 11.7. The van der Waals surface area contributed by atoms with Crippen LogP contribution in [0.1, 0.15) is 72.7 Å². The molecule has 8 nitrogen and oxygen atoms in total. The Kier molecular flexibility index (Phi) is 9.19. The van der Waals surface area contributed by atoms with Gasteiger partial charge in [-0.1, -0.05) is 46.2 Å². The van der Waals surface area contributed by atoms with Crippen molar-refractivity contribution in [2.75, 3.05) is 17.2 Å². The number of rotatable bonds is 11. The quantitative estimate of drug-likeness (QED) is 0.474. The van der Waals surface area contributed by atoms with E-state index in [2.05, 4.69) is 23.5 Å². The second-order valence-corrected chi connectivity index (χ2v) is 8.88. The molecule has 0 saturated heterocycles. The van der Waals surface area contributed by atoms with Gasteiger partial charge < -0.3 is 16.8 Å². The van der Waals surface area contributed by atoms with Gasteiger partial charge in [0.2, 0.25) is 5.91 Å².